The molecule has 2 aromatic carbocycles. The number of fused-ring (bicyclic) bond motifs is 1. The van der Waals surface area contributed by atoms with Gasteiger partial charge in [0, 0.05) is 40.0 Å². The maximum atomic E-state index is 6.28. The van der Waals surface area contributed by atoms with E-state index in [1.54, 1.807) is 7.11 Å². The number of para-hydroxylation sites is 1. The van der Waals surface area contributed by atoms with Crippen LogP contribution in [0.25, 0.3) is 22.0 Å². The first-order valence-electron chi connectivity index (χ1n) is 11.2. The molecule has 1 aliphatic rings. The Morgan fingerprint density at radius 3 is 2.75 bits per heavy atom. The van der Waals surface area contributed by atoms with Crippen molar-refractivity contribution in [3.05, 3.63) is 83.3 Å². The Labute approximate surface area is 194 Å². The highest BCUT2D eigenvalue weighted by atomic mass is 35.5. The van der Waals surface area contributed by atoms with Crippen LogP contribution in [0.1, 0.15) is 30.9 Å². The maximum absolute atomic E-state index is 6.28. The summed E-state index contributed by atoms with van der Waals surface area (Å²) in [6, 6.07) is 16.5. The summed E-state index contributed by atoms with van der Waals surface area (Å²) in [6.45, 7) is 4.43. The highest BCUT2D eigenvalue weighted by Gasteiger charge is 2.40. The predicted molar refractivity (Wildman–Crippen MR) is 132 cm³/mol. The lowest BCUT2D eigenvalue weighted by Crippen LogP contribution is -2.43. The molecule has 0 radical (unpaired) electrons. The number of benzene rings is 2. The summed E-state index contributed by atoms with van der Waals surface area (Å²) in [5, 5.41) is 5.56. The van der Waals surface area contributed by atoms with E-state index >= 15 is 0 Å². The second-order valence-corrected chi connectivity index (χ2v) is 9.24. The second-order valence-electron chi connectivity index (χ2n) is 8.80. The largest absolute Gasteiger partial charge is 0.495 e. The second kappa shape index (κ2) is 8.61. The fourth-order valence-electron chi connectivity index (χ4n) is 5.23. The van der Waals surface area contributed by atoms with Crippen LogP contribution < -0.4 is 10.1 Å². The fourth-order valence-corrected chi connectivity index (χ4v) is 5.42. The predicted octanol–water partition coefficient (Wildman–Crippen LogP) is 6.20. The molecule has 2 unspecified atom stereocenters. The molecule has 5 rings (SSSR count). The molecule has 5 heteroatoms. The molecule has 0 spiro atoms. The lowest BCUT2D eigenvalue weighted by molar-refractivity contribution is 0.271. The molecule has 1 aliphatic heterocycles. The van der Waals surface area contributed by atoms with E-state index < -0.39 is 0 Å². The number of hydrogen-bond donors (Lipinski definition) is 2. The molecule has 3 heterocycles. The van der Waals surface area contributed by atoms with Gasteiger partial charge in [-0.3, -0.25) is 4.98 Å². The van der Waals surface area contributed by atoms with Crippen molar-refractivity contribution < 1.29 is 4.74 Å². The number of ether oxygens (including phenoxy) is 1. The van der Waals surface area contributed by atoms with E-state index in [0.717, 1.165) is 40.5 Å². The van der Waals surface area contributed by atoms with Gasteiger partial charge in [0.05, 0.1) is 12.6 Å². The average Bonchev–Trinajstić information content (AvgIpc) is 3.29. The number of aromatic amines is 1. The van der Waals surface area contributed by atoms with Gasteiger partial charge in [0.25, 0.3) is 0 Å². The zero-order chi connectivity index (χ0) is 22.1. The lowest BCUT2D eigenvalue weighted by atomic mass is 9.65. The smallest absolute Gasteiger partial charge is 0.142 e. The van der Waals surface area contributed by atoms with Crippen molar-refractivity contribution in [2.24, 2.45) is 5.92 Å². The SMILES string of the molecule is COc1cccc2c(C(C)(c3cncc(-c4cccc(Cl)c4)c3)C3CCCNC3)c[nH]c12. The van der Waals surface area contributed by atoms with E-state index in [9.17, 15) is 0 Å². The van der Waals surface area contributed by atoms with E-state index in [-0.39, 0.29) is 5.41 Å². The minimum absolute atomic E-state index is 0.223. The molecule has 1 saturated heterocycles. The topological polar surface area (TPSA) is 49.9 Å². The molecular formula is C27H28ClN3O. The standard InChI is InChI=1S/C27H28ClN3O/c1-27(20-7-5-11-29-15-20,24-17-31-26-23(24)9-4-10-25(26)32-2)21-12-19(14-30-16-21)18-6-3-8-22(28)13-18/h3-4,6,8-10,12-14,16-17,20,29,31H,5,7,11,15H2,1-2H3. The van der Waals surface area contributed by atoms with Crippen LogP contribution in [0, 0.1) is 5.92 Å². The van der Waals surface area contributed by atoms with Gasteiger partial charge >= 0.3 is 0 Å². The molecule has 1 fully saturated rings. The average molecular weight is 446 g/mol. The maximum Gasteiger partial charge on any atom is 0.142 e. The first-order valence-corrected chi connectivity index (χ1v) is 11.6. The minimum atomic E-state index is -0.223. The molecule has 0 amide bonds. The fraction of sp³-hybridized carbons (Fsp3) is 0.296. The Hall–Kier alpha value is -2.82. The van der Waals surface area contributed by atoms with Gasteiger partial charge in [-0.15, -0.1) is 0 Å². The lowest BCUT2D eigenvalue weighted by Gasteiger charge is -2.41. The van der Waals surface area contributed by atoms with Gasteiger partial charge in [0.15, 0.2) is 0 Å². The number of methoxy groups -OCH3 is 1. The van der Waals surface area contributed by atoms with Gasteiger partial charge in [-0.25, -0.2) is 0 Å². The van der Waals surface area contributed by atoms with Crippen molar-refractivity contribution >= 4 is 22.5 Å². The Morgan fingerprint density at radius 2 is 1.97 bits per heavy atom. The van der Waals surface area contributed by atoms with Crippen molar-refractivity contribution in [2.75, 3.05) is 20.2 Å². The summed E-state index contributed by atoms with van der Waals surface area (Å²) in [4.78, 5) is 8.17. The van der Waals surface area contributed by atoms with Gasteiger partial charge in [-0.1, -0.05) is 42.8 Å². The molecule has 0 aliphatic carbocycles. The van der Waals surface area contributed by atoms with Crippen LogP contribution in [-0.2, 0) is 5.41 Å². The molecule has 0 saturated carbocycles. The van der Waals surface area contributed by atoms with Crippen LogP contribution in [-0.4, -0.2) is 30.2 Å². The zero-order valence-corrected chi connectivity index (χ0v) is 19.2. The molecule has 4 nitrogen and oxygen atoms in total. The molecule has 2 atom stereocenters. The molecule has 4 aromatic rings. The van der Waals surface area contributed by atoms with Crippen molar-refractivity contribution in [1.82, 2.24) is 15.3 Å². The molecular weight excluding hydrogens is 418 g/mol. The first kappa shape index (κ1) is 21.0. The summed E-state index contributed by atoms with van der Waals surface area (Å²) in [7, 11) is 1.72. The van der Waals surface area contributed by atoms with Gasteiger partial charge in [-0.05, 0) is 72.8 Å². The summed E-state index contributed by atoms with van der Waals surface area (Å²) in [5.41, 5.74) is 5.48. The van der Waals surface area contributed by atoms with E-state index in [0.29, 0.717) is 5.92 Å². The monoisotopic (exact) mass is 445 g/mol. The molecule has 0 bridgehead atoms. The van der Waals surface area contributed by atoms with Crippen LogP contribution in [0.3, 0.4) is 0 Å². The summed E-state index contributed by atoms with van der Waals surface area (Å²) in [6.07, 6.45) is 8.46. The van der Waals surface area contributed by atoms with Crippen molar-refractivity contribution in [2.45, 2.75) is 25.2 Å². The quantitative estimate of drug-likeness (QED) is 0.384. The van der Waals surface area contributed by atoms with E-state index in [1.165, 1.54) is 29.4 Å². The number of rotatable bonds is 5. The number of H-pyrrole nitrogens is 1. The molecule has 164 valence electrons. The van der Waals surface area contributed by atoms with Crippen molar-refractivity contribution in [3.63, 3.8) is 0 Å². The zero-order valence-electron chi connectivity index (χ0n) is 18.5. The van der Waals surface area contributed by atoms with Crippen molar-refractivity contribution in [1.29, 1.82) is 0 Å². The Balaban J connectivity index is 1.70. The third-order valence-corrected chi connectivity index (χ3v) is 7.30. The highest BCUT2D eigenvalue weighted by molar-refractivity contribution is 6.30. The van der Waals surface area contributed by atoms with Gasteiger partial charge < -0.3 is 15.0 Å². The number of aromatic nitrogens is 2. The number of piperidine rings is 1. The summed E-state index contributed by atoms with van der Waals surface area (Å²) < 4.78 is 5.62. The molecule has 2 aromatic heterocycles. The normalized spacial score (nSPS) is 18.4. The minimum Gasteiger partial charge on any atom is -0.495 e. The van der Waals surface area contributed by atoms with Crippen LogP contribution in [0.2, 0.25) is 5.02 Å². The van der Waals surface area contributed by atoms with Crippen LogP contribution in [0.5, 0.6) is 5.75 Å². The van der Waals surface area contributed by atoms with E-state index in [4.69, 9.17) is 16.3 Å². The van der Waals surface area contributed by atoms with Crippen LogP contribution in [0.4, 0.5) is 0 Å². The Bertz CT molecular complexity index is 1240. The third kappa shape index (κ3) is 3.58. The highest BCUT2D eigenvalue weighted by Crippen LogP contribution is 2.46. The third-order valence-electron chi connectivity index (χ3n) is 7.07. The number of halogens is 1. The van der Waals surface area contributed by atoms with Crippen molar-refractivity contribution in [3.8, 4) is 16.9 Å². The summed E-state index contributed by atoms with van der Waals surface area (Å²) >= 11 is 6.28. The number of nitrogens with one attached hydrogen (secondary N) is 2. The van der Waals surface area contributed by atoms with Gasteiger partial charge in [0.1, 0.15) is 5.75 Å². The number of nitrogens with zero attached hydrogens (tertiary/aromatic N) is 1. The number of hydrogen-bond acceptors (Lipinski definition) is 3. The van der Waals surface area contributed by atoms with Crippen LogP contribution in [0.15, 0.2) is 67.1 Å². The van der Waals surface area contributed by atoms with Crippen LogP contribution >= 0.6 is 11.6 Å². The first-order chi connectivity index (χ1) is 15.6. The Morgan fingerprint density at radius 1 is 1.09 bits per heavy atom. The van der Waals surface area contributed by atoms with E-state index in [1.807, 2.05) is 36.7 Å². The number of pyridine rings is 1. The summed E-state index contributed by atoms with van der Waals surface area (Å²) in [5.74, 6) is 1.31. The Kier molecular flexibility index (Phi) is 5.66. The van der Waals surface area contributed by atoms with Gasteiger partial charge in [-0.2, -0.15) is 0 Å². The van der Waals surface area contributed by atoms with E-state index in [2.05, 4.69) is 52.7 Å². The van der Waals surface area contributed by atoms with Gasteiger partial charge in [0.2, 0.25) is 0 Å². The molecule has 2 N–H and O–H groups in total. The molecule has 32 heavy (non-hydrogen) atoms.